The van der Waals surface area contributed by atoms with Crippen molar-refractivity contribution in [3.8, 4) is 0 Å². The molecule has 0 bridgehead atoms. The van der Waals surface area contributed by atoms with Gasteiger partial charge in [-0.1, -0.05) is 245 Å². The summed E-state index contributed by atoms with van der Waals surface area (Å²) in [5, 5.41) is 23.0. The molecule has 0 rings (SSSR count). The molecular formula is C50H99NO5. The Balaban J connectivity index is 3.38. The minimum Gasteiger partial charge on any atom is -0.466 e. The Morgan fingerprint density at radius 1 is 0.429 bits per heavy atom. The first kappa shape index (κ1) is 54.9. The van der Waals surface area contributed by atoms with Gasteiger partial charge >= 0.3 is 5.97 Å². The van der Waals surface area contributed by atoms with Crippen molar-refractivity contribution in [1.29, 1.82) is 0 Å². The molecule has 2 unspecified atom stereocenters. The number of carbonyl (C=O) groups is 2. The van der Waals surface area contributed by atoms with E-state index in [0.717, 1.165) is 44.9 Å². The van der Waals surface area contributed by atoms with Gasteiger partial charge in [0.2, 0.25) is 5.91 Å². The Hall–Kier alpha value is -1.14. The standard InChI is InChI=1S/C50H99NO5/c1-3-5-7-9-11-13-14-15-21-24-28-32-36-40-44-50(55)56-45-41-37-33-29-25-22-19-17-16-18-20-23-27-31-35-39-43-49(54)51-47(46-52)48(53)42-38-34-30-26-12-10-8-6-4-2/h47-48,52-53H,3-46H2,1-2H3,(H,51,54). The van der Waals surface area contributed by atoms with Crippen LogP contribution in [0.2, 0.25) is 0 Å². The van der Waals surface area contributed by atoms with Crippen molar-refractivity contribution < 1.29 is 24.5 Å². The van der Waals surface area contributed by atoms with E-state index < -0.39 is 12.1 Å². The maximum Gasteiger partial charge on any atom is 0.305 e. The number of carbonyl (C=O) groups excluding carboxylic acids is 2. The first-order valence-corrected chi connectivity index (χ1v) is 25.3. The summed E-state index contributed by atoms with van der Waals surface area (Å²) in [6.07, 6.45) is 50.7. The van der Waals surface area contributed by atoms with E-state index in [4.69, 9.17) is 4.74 Å². The fourth-order valence-electron chi connectivity index (χ4n) is 7.99. The van der Waals surface area contributed by atoms with Crippen LogP contribution in [0.4, 0.5) is 0 Å². The van der Waals surface area contributed by atoms with Crippen molar-refractivity contribution in [2.45, 2.75) is 296 Å². The third-order valence-electron chi connectivity index (χ3n) is 11.9. The van der Waals surface area contributed by atoms with Gasteiger partial charge in [0, 0.05) is 12.8 Å². The van der Waals surface area contributed by atoms with Gasteiger partial charge in [-0.05, 0) is 25.7 Å². The minimum absolute atomic E-state index is 0.00552. The lowest BCUT2D eigenvalue weighted by molar-refractivity contribution is -0.143. The predicted octanol–water partition coefficient (Wildman–Crippen LogP) is 14.8. The van der Waals surface area contributed by atoms with E-state index in [-0.39, 0.29) is 18.5 Å². The molecule has 0 heterocycles. The molecule has 0 fully saturated rings. The van der Waals surface area contributed by atoms with Crippen LogP contribution in [0.15, 0.2) is 0 Å². The first-order valence-electron chi connectivity index (χ1n) is 25.3. The van der Waals surface area contributed by atoms with Crippen LogP contribution in [0, 0.1) is 0 Å². The zero-order valence-corrected chi connectivity index (χ0v) is 37.9. The SMILES string of the molecule is CCCCCCCCCCCCCCCCC(=O)OCCCCCCCCCCCCCCCCCCC(=O)NC(CO)C(O)CCCCCCCCCCC. The molecule has 3 N–H and O–H groups in total. The Morgan fingerprint density at radius 3 is 1.09 bits per heavy atom. The summed E-state index contributed by atoms with van der Waals surface area (Å²) >= 11 is 0. The van der Waals surface area contributed by atoms with Crippen LogP contribution in [0.5, 0.6) is 0 Å². The van der Waals surface area contributed by atoms with E-state index in [1.165, 1.54) is 205 Å². The highest BCUT2D eigenvalue weighted by Gasteiger charge is 2.20. The molecule has 0 saturated carbocycles. The maximum absolute atomic E-state index is 12.4. The Kier molecular flexibility index (Phi) is 45.6. The highest BCUT2D eigenvalue weighted by Crippen LogP contribution is 2.17. The van der Waals surface area contributed by atoms with Gasteiger partial charge in [-0.25, -0.2) is 0 Å². The van der Waals surface area contributed by atoms with Gasteiger partial charge in [-0.2, -0.15) is 0 Å². The van der Waals surface area contributed by atoms with E-state index >= 15 is 0 Å². The molecule has 0 radical (unpaired) electrons. The van der Waals surface area contributed by atoms with Gasteiger partial charge in [0.25, 0.3) is 0 Å². The molecule has 334 valence electrons. The van der Waals surface area contributed by atoms with Crippen molar-refractivity contribution in [2.24, 2.45) is 0 Å². The number of rotatable bonds is 47. The fourth-order valence-corrected chi connectivity index (χ4v) is 7.99. The number of unbranched alkanes of at least 4 members (excludes halogenated alkanes) is 36. The lowest BCUT2D eigenvalue weighted by atomic mass is 10.0. The molecule has 6 heteroatoms. The molecule has 0 aliphatic rings. The van der Waals surface area contributed by atoms with E-state index in [1.807, 2.05) is 0 Å². The molecule has 0 aromatic heterocycles. The molecule has 0 aromatic carbocycles. The van der Waals surface area contributed by atoms with E-state index in [2.05, 4.69) is 19.2 Å². The Morgan fingerprint density at radius 2 is 0.732 bits per heavy atom. The van der Waals surface area contributed by atoms with Gasteiger partial charge < -0.3 is 20.3 Å². The van der Waals surface area contributed by atoms with Crippen LogP contribution in [0.1, 0.15) is 284 Å². The molecule has 0 aromatic rings. The molecule has 0 aliphatic heterocycles. The summed E-state index contributed by atoms with van der Waals surface area (Å²) < 4.78 is 5.47. The fraction of sp³-hybridized carbons (Fsp3) is 0.960. The second-order valence-corrected chi connectivity index (χ2v) is 17.5. The average Bonchev–Trinajstić information content (AvgIpc) is 3.20. The molecule has 0 saturated heterocycles. The quantitative estimate of drug-likeness (QED) is 0.0421. The van der Waals surface area contributed by atoms with Crippen LogP contribution >= 0.6 is 0 Å². The van der Waals surface area contributed by atoms with Gasteiger partial charge in [0.15, 0.2) is 0 Å². The summed E-state index contributed by atoms with van der Waals surface area (Å²) in [5.41, 5.74) is 0. The van der Waals surface area contributed by atoms with Crippen molar-refractivity contribution >= 4 is 11.9 Å². The van der Waals surface area contributed by atoms with E-state index in [0.29, 0.717) is 25.9 Å². The van der Waals surface area contributed by atoms with Crippen molar-refractivity contribution in [3.63, 3.8) is 0 Å². The highest BCUT2D eigenvalue weighted by molar-refractivity contribution is 5.76. The largest absolute Gasteiger partial charge is 0.466 e. The average molecular weight is 794 g/mol. The van der Waals surface area contributed by atoms with Gasteiger partial charge in [0.1, 0.15) is 0 Å². The summed E-state index contributed by atoms with van der Waals surface area (Å²) in [6, 6.07) is -0.542. The van der Waals surface area contributed by atoms with Gasteiger partial charge in [0.05, 0.1) is 25.4 Å². The van der Waals surface area contributed by atoms with Gasteiger partial charge in [-0.3, -0.25) is 9.59 Å². The summed E-state index contributed by atoms with van der Waals surface area (Å²) in [7, 11) is 0. The number of aliphatic hydroxyl groups excluding tert-OH is 2. The second kappa shape index (κ2) is 46.5. The lowest BCUT2D eigenvalue weighted by Crippen LogP contribution is -2.45. The highest BCUT2D eigenvalue weighted by atomic mass is 16.5. The topological polar surface area (TPSA) is 95.9 Å². The Bertz CT molecular complexity index is 791. The second-order valence-electron chi connectivity index (χ2n) is 17.5. The zero-order valence-electron chi connectivity index (χ0n) is 37.9. The third-order valence-corrected chi connectivity index (χ3v) is 11.9. The van der Waals surface area contributed by atoms with Crippen LogP contribution in [0.3, 0.4) is 0 Å². The summed E-state index contributed by atoms with van der Waals surface area (Å²) in [4.78, 5) is 24.4. The first-order chi connectivity index (χ1) is 27.5. The Labute approximate surface area is 349 Å². The lowest BCUT2D eigenvalue weighted by Gasteiger charge is -2.22. The van der Waals surface area contributed by atoms with Crippen molar-refractivity contribution in [3.05, 3.63) is 0 Å². The number of aliphatic hydroxyl groups is 2. The molecule has 2 atom stereocenters. The zero-order chi connectivity index (χ0) is 40.8. The van der Waals surface area contributed by atoms with Gasteiger partial charge in [-0.15, -0.1) is 0 Å². The van der Waals surface area contributed by atoms with Crippen molar-refractivity contribution in [1.82, 2.24) is 5.32 Å². The smallest absolute Gasteiger partial charge is 0.305 e. The van der Waals surface area contributed by atoms with Crippen LogP contribution in [-0.4, -0.2) is 47.4 Å². The maximum atomic E-state index is 12.4. The third kappa shape index (κ3) is 42.5. The number of ether oxygens (including phenoxy) is 1. The number of hydrogen-bond donors (Lipinski definition) is 3. The van der Waals surface area contributed by atoms with Crippen LogP contribution in [0.25, 0.3) is 0 Å². The molecule has 6 nitrogen and oxygen atoms in total. The van der Waals surface area contributed by atoms with Crippen molar-refractivity contribution in [2.75, 3.05) is 13.2 Å². The van der Waals surface area contributed by atoms with Crippen LogP contribution in [-0.2, 0) is 14.3 Å². The molecule has 0 spiro atoms. The summed E-state index contributed by atoms with van der Waals surface area (Å²) in [5.74, 6) is -0.0377. The molecular weight excluding hydrogens is 695 g/mol. The number of nitrogens with one attached hydrogen (secondary N) is 1. The number of esters is 1. The summed E-state index contributed by atoms with van der Waals surface area (Å²) in [6.45, 7) is 4.93. The van der Waals surface area contributed by atoms with E-state index in [1.54, 1.807) is 0 Å². The van der Waals surface area contributed by atoms with E-state index in [9.17, 15) is 19.8 Å². The number of hydrogen-bond acceptors (Lipinski definition) is 5. The molecule has 0 aliphatic carbocycles. The molecule has 56 heavy (non-hydrogen) atoms. The minimum atomic E-state index is -0.665. The molecule has 1 amide bonds. The number of amides is 1. The monoisotopic (exact) mass is 794 g/mol. The normalized spacial score (nSPS) is 12.6. The predicted molar refractivity (Wildman–Crippen MR) is 241 cm³/mol. The van der Waals surface area contributed by atoms with Crippen LogP contribution < -0.4 is 5.32 Å².